The first kappa shape index (κ1) is 10.6. The van der Waals surface area contributed by atoms with E-state index in [-0.39, 0.29) is 11.5 Å². The molecular formula is C7H14ClNO2. The van der Waals surface area contributed by atoms with Gasteiger partial charge in [-0.1, -0.05) is 20.8 Å². The van der Waals surface area contributed by atoms with E-state index in [0.717, 1.165) is 0 Å². The van der Waals surface area contributed by atoms with Crippen LogP contribution in [0.15, 0.2) is 0 Å². The second-order valence-electron chi connectivity index (χ2n) is 3.52. The highest BCUT2D eigenvalue weighted by Gasteiger charge is 2.24. The van der Waals surface area contributed by atoms with Crippen LogP contribution in [0.4, 0.5) is 4.79 Å². The molecule has 2 N–H and O–H groups in total. The molecule has 0 spiro atoms. The van der Waals surface area contributed by atoms with E-state index in [0.29, 0.717) is 5.88 Å². The number of amides is 1. The second-order valence-corrected chi connectivity index (χ2v) is 3.83. The highest BCUT2D eigenvalue weighted by atomic mass is 35.5. The fourth-order valence-corrected chi connectivity index (χ4v) is 1.18. The summed E-state index contributed by atoms with van der Waals surface area (Å²) in [4.78, 5) is 10.2. The van der Waals surface area contributed by atoms with E-state index in [1.165, 1.54) is 0 Å². The van der Waals surface area contributed by atoms with Crippen LogP contribution in [0.3, 0.4) is 0 Å². The molecule has 66 valence electrons. The molecule has 3 nitrogen and oxygen atoms in total. The number of carboxylic acid groups (broad SMARTS) is 1. The molecule has 0 aliphatic rings. The summed E-state index contributed by atoms with van der Waals surface area (Å²) < 4.78 is 0. The molecule has 0 saturated heterocycles. The molecule has 1 amide bonds. The number of hydrogen-bond acceptors (Lipinski definition) is 1. The summed E-state index contributed by atoms with van der Waals surface area (Å²) in [6.45, 7) is 5.82. The van der Waals surface area contributed by atoms with Crippen molar-refractivity contribution in [2.75, 3.05) is 5.88 Å². The van der Waals surface area contributed by atoms with E-state index in [1.807, 2.05) is 20.8 Å². The molecule has 0 heterocycles. The maximum atomic E-state index is 10.2. The Morgan fingerprint density at radius 2 is 2.09 bits per heavy atom. The predicted octanol–water partition coefficient (Wildman–Crippen LogP) is 1.91. The molecule has 0 aromatic carbocycles. The number of halogens is 1. The predicted molar refractivity (Wildman–Crippen MR) is 45.1 cm³/mol. The Bertz CT molecular complexity index is 142. The first-order valence-electron chi connectivity index (χ1n) is 3.43. The summed E-state index contributed by atoms with van der Waals surface area (Å²) in [6, 6.07) is -0.193. The van der Waals surface area contributed by atoms with Crippen molar-refractivity contribution in [2.45, 2.75) is 26.8 Å². The van der Waals surface area contributed by atoms with Gasteiger partial charge in [0.2, 0.25) is 0 Å². The molecule has 0 aliphatic heterocycles. The lowest BCUT2D eigenvalue weighted by Crippen LogP contribution is -2.44. The van der Waals surface area contributed by atoms with Crippen molar-refractivity contribution in [1.82, 2.24) is 5.32 Å². The summed E-state index contributed by atoms with van der Waals surface area (Å²) in [5, 5.41) is 10.8. The quantitative estimate of drug-likeness (QED) is 0.637. The maximum Gasteiger partial charge on any atom is 0.404 e. The number of alkyl halides is 1. The van der Waals surface area contributed by atoms with Gasteiger partial charge in [0.15, 0.2) is 0 Å². The third-order valence-electron chi connectivity index (χ3n) is 1.50. The van der Waals surface area contributed by atoms with Crippen molar-refractivity contribution in [3.8, 4) is 0 Å². The largest absolute Gasteiger partial charge is 0.465 e. The Morgan fingerprint density at radius 1 is 1.64 bits per heavy atom. The number of carbonyl (C=O) groups is 1. The van der Waals surface area contributed by atoms with Gasteiger partial charge < -0.3 is 10.4 Å². The number of nitrogens with one attached hydrogen (secondary N) is 1. The number of rotatable bonds is 2. The Morgan fingerprint density at radius 3 is 2.18 bits per heavy atom. The zero-order chi connectivity index (χ0) is 9.07. The maximum absolute atomic E-state index is 10.2. The fraction of sp³-hybridized carbons (Fsp3) is 0.857. The summed E-state index contributed by atoms with van der Waals surface area (Å²) >= 11 is 5.57. The van der Waals surface area contributed by atoms with Gasteiger partial charge in [0.25, 0.3) is 0 Å². The van der Waals surface area contributed by atoms with E-state index >= 15 is 0 Å². The molecule has 0 radical (unpaired) electrons. The zero-order valence-corrected chi connectivity index (χ0v) is 7.77. The average Bonchev–Trinajstić information content (AvgIpc) is 1.79. The summed E-state index contributed by atoms with van der Waals surface area (Å²) in [5.74, 6) is 0.301. The monoisotopic (exact) mass is 179 g/mol. The minimum Gasteiger partial charge on any atom is -0.465 e. The van der Waals surface area contributed by atoms with E-state index in [9.17, 15) is 4.79 Å². The summed E-state index contributed by atoms with van der Waals surface area (Å²) in [7, 11) is 0. The van der Waals surface area contributed by atoms with Crippen molar-refractivity contribution in [3.05, 3.63) is 0 Å². The Kier molecular flexibility index (Phi) is 3.66. The molecule has 0 aliphatic carbocycles. The molecule has 0 saturated carbocycles. The van der Waals surface area contributed by atoms with Crippen LogP contribution in [0.25, 0.3) is 0 Å². The van der Waals surface area contributed by atoms with E-state index < -0.39 is 6.09 Å². The van der Waals surface area contributed by atoms with Crippen LogP contribution in [0.2, 0.25) is 0 Å². The highest BCUT2D eigenvalue weighted by Crippen LogP contribution is 2.19. The van der Waals surface area contributed by atoms with Crippen molar-refractivity contribution < 1.29 is 9.90 Å². The van der Waals surface area contributed by atoms with E-state index in [2.05, 4.69) is 5.32 Å². The van der Waals surface area contributed by atoms with Crippen LogP contribution < -0.4 is 5.32 Å². The van der Waals surface area contributed by atoms with Gasteiger partial charge >= 0.3 is 6.09 Å². The van der Waals surface area contributed by atoms with Gasteiger partial charge in [0.1, 0.15) is 0 Å². The standard InChI is InChI=1S/C7H14ClNO2/c1-7(2,3)5(4-8)9-6(10)11/h5,9H,4H2,1-3H3,(H,10,11). The van der Waals surface area contributed by atoms with Gasteiger partial charge in [0, 0.05) is 5.88 Å². The van der Waals surface area contributed by atoms with Crippen LogP contribution in [-0.4, -0.2) is 23.1 Å². The van der Waals surface area contributed by atoms with Crippen LogP contribution in [-0.2, 0) is 0 Å². The Hall–Kier alpha value is -0.440. The first-order valence-corrected chi connectivity index (χ1v) is 3.97. The van der Waals surface area contributed by atoms with Gasteiger partial charge in [-0.15, -0.1) is 11.6 Å². The van der Waals surface area contributed by atoms with Gasteiger partial charge in [-0.05, 0) is 5.41 Å². The topological polar surface area (TPSA) is 49.3 Å². The van der Waals surface area contributed by atoms with Gasteiger partial charge in [-0.3, -0.25) is 0 Å². The fourth-order valence-electron chi connectivity index (χ4n) is 0.636. The smallest absolute Gasteiger partial charge is 0.404 e. The lowest BCUT2D eigenvalue weighted by atomic mass is 9.88. The summed E-state index contributed by atoms with van der Waals surface area (Å²) in [6.07, 6.45) is -1.02. The molecule has 0 fully saturated rings. The normalized spacial score (nSPS) is 14.2. The van der Waals surface area contributed by atoms with Crippen molar-refractivity contribution >= 4 is 17.7 Å². The molecular weight excluding hydrogens is 166 g/mol. The Labute approximate surface area is 71.7 Å². The minimum atomic E-state index is -1.02. The van der Waals surface area contributed by atoms with Crippen LogP contribution in [0.1, 0.15) is 20.8 Å². The lowest BCUT2D eigenvalue weighted by molar-refractivity contribution is 0.178. The molecule has 11 heavy (non-hydrogen) atoms. The third-order valence-corrected chi connectivity index (χ3v) is 1.81. The highest BCUT2D eigenvalue weighted by molar-refractivity contribution is 6.18. The number of hydrogen-bond donors (Lipinski definition) is 2. The minimum absolute atomic E-state index is 0.125. The molecule has 1 unspecified atom stereocenters. The third kappa shape index (κ3) is 4.09. The average molecular weight is 180 g/mol. The molecule has 0 aromatic heterocycles. The van der Waals surface area contributed by atoms with Crippen LogP contribution in [0, 0.1) is 5.41 Å². The van der Waals surface area contributed by atoms with Crippen molar-refractivity contribution in [2.24, 2.45) is 5.41 Å². The van der Waals surface area contributed by atoms with Gasteiger partial charge in [-0.2, -0.15) is 0 Å². The molecule has 4 heteroatoms. The molecule has 0 rings (SSSR count). The summed E-state index contributed by atoms with van der Waals surface area (Å²) in [5.41, 5.74) is -0.125. The molecule has 0 bridgehead atoms. The SMILES string of the molecule is CC(C)(C)C(CCl)NC(=O)O. The van der Waals surface area contributed by atoms with Crippen LogP contribution >= 0.6 is 11.6 Å². The second kappa shape index (κ2) is 3.81. The zero-order valence-electron chi connectivity index (χ0n) is 7.02. The van der Waals surface area contributed by atoms with Crippen LogP contribution in [0.5, 0.6) is 0 Å². The van der Waals surface area contributed by atoms with Crippen molar-refractivity contribution in [3.63, 3.8) is 0 Å². The van der Waals surface area contributed by atoms with Crippen molar-refractivity contribution in [1.29, 1.82) is 0 Å². The van der Waals surface area contributed by atoms with Gasteiger partial charge in [0.05, 0.1) is 6.04 Å². The molecule has 0 aromatic rings. The first-order chi connectivity index (χ1) is 4.88. The van der Waals surface area contributed by atoms with Gasteiger partial charge in [-0.25, -0.2) is 4.79 Å². The van der Waals surface area contributed by atoms with E-state index in [4.69, 9.17) is 16.7 Å². The Balaban J connectivity index is 4.07. The lowest BCUT2D eigenvalue weighted by Gasteiger charge is -2.28. The van der Waals surface area contributed by atoms with E-state index in [1.54, 1.807) is 0 Å². The molecule has 1 atom stereocenters.